The Morgan fingerprint density at radius 1 is 1.33 bits per heavy atom. The van der Waals surface area contributed by atoms with Crippen molar-refractivity contribution >= 4 is 0 Å². The van der Waals surface area contributed by atoms with Crippen LogP contribution in [0.3, 0.4) is 0 Å². The molecule has 2 heteroatoms. The van der Waals surface area contributed by atoms with Crippen molar-refractivity contribution in [3.63, 3.8) is 0 Å². The molecular weight excluding hydrogens is 186 g/mol. The van der Waals surface area contributed by atoms with Crippen molar-refractivity contribution in [1.29, 1.82) is 0 Å². The van der Waals surface area contributed by atoms with Crippen molar-refractivity contribution < 1.29 is 5.11 Å². The highest BCUT2D eigenvalue weighted by Gasteiger charge is 2.32. The summed E-state index contributed by atoms with van der Waals surface area (Å²) in [6, 6.07) is 0.613. The van der Waals surface area contributed by atoms with Gasteiger partial charge in [-0.1, -0.05) is 27.2 Å². The van der Waals surface area contributed by atoms with Crippen LogP contribution in [0.25, 0.3) is 0 Å². The Morgan fingerprint density at radius 3 is 2.53 bits per heavy atom. The van der Waals surface area contributed by atoms with Crippen LogP contribution in [-0.2, 0) is 0 Å². The molecule has 0 heterocycles. The lowest BCUT2D eigenvalue weighted by Crippen LogP contribution is -2.42. The zero-order chi connectivity index (χ0) is 11.4. The standard InChI is InChI=1S/C13H27NO/c1-5-13(15)14(4)12-8-6-7-11(12)9-10(2)3/h10-13,15H,5-9H2,1-4H3. The largest absolute Gasteiger partial charge is 0.378 e. The van der Waals surface area contributed by atoms with Crippen LogP contribution in [0.2, 0.25) is 0 Å². The second-order valence-electron chi connectivity index (χ2n) is 5.44. The van der Waals surface area contributed by atoms with Crippen LogP contribution in [0.4, 0.5) is 0 Å². The predicted octanol–water partition coefficient (Wildman–Crippen LogP) is 2.86. The van der Waals surface area contributed by atoms with Gasteiger partial charge in [-0.2, -0.15) is 0 Å². The van der Waals surface area contributed by atoms with Gasteiger partial charge in [0.1, 0.15) is 6.23 Å². The fourth-order valence-corrected chi connectivity index (χ4v) is 2.94. The lowest BCUT2D eigenvalue weighted by molar-refractivity contribution is -0.0203. The second kappa shape index (κ2) is 5.86. The van der Waals surface area contributed by atoms with Gasteiger partial charge in [-0.3, -0.25) is 4.90 Å². The number of nitrogens with zero attached hydrogens (tertiary/aromatic N) is 1. The third kappa shape index (κ3) is 3.46. The number of hydrogen-bond donors (Lipinski definition) is 1. The van der Waals surface area contributed by atoms with Gasteiger partial charge in [-0.25, -0.2) is 0 Å². The van der Waals surface area contributed by atoms with Crippen LogP contribution in [0.1, 0.15) is 52.9 Å². The van der Waals surface area contributed by atoms with E-state index in [0.29, 0.717) is 6.04 Å². The number of hydrogen-bond acceptors (Lipinski definition) is 2. The van der Waals surface area contributed by atoms with Crippen molar-refractivity contribution in [3.05, 3.63) is 0 Å². The molecule has 1 fully saturated rings. The monoisotopic (exact) mass is 213 g/mol. The molecule has 0 aromatic carbocycles. The Bertz CT molecular complexity index is 181. The molecule has 3 atom stereocenters. The van der Waals surface area contributed by atoms with E-state index in [2.05, 4.69) is 25.8 Å². The molecule has 0 aromatic rings. The molecule has 1 saturated carbocycles. The highest BCUT2D eigenvalue weighted by Crippen LogP contribution is 2.34. The summed E-state index contributed by atoms with van der Waals surface area (Å²) < 4.78 is 0. The van der Waals surface area contributed by atoms with Crippen LogP contribution in [0, 0.1) is 11.8 Å². The smallest absolute Gasteiger partial charge is 0.107 e. The summed E-state index contributed by atoms with van der Waals surface area (Å²) in [6.45, 7) is 6.64. The molecule has 1 aliphatic rings. The van der Waals surface area contributed by atoms with Crippen LogP contribution in [0.15, 0.2) is 0 Å². The summed E-state index contributed by atoms with van der Waals surface area (Å²) in [4.78, 5) is 2.19. The van der Waals surface area contributed by atoms with E-state index in [1.165, 1.54) is 25.7 Å². The molecule has 15 heavy (non-hydrogen) atoms. The summed E-state index contributed by atoms with van der Waals surface area (Å²) in [5.74, 6) is 1.58. The molecule has 0 radical (unpaired) electrons. The van der Waals surface area contributed by atoms with Crippen LogP contribution >= 0.6 is 0 Å². The van der Waals surface area contributed by atoms with E-state index >= 15 is 0 Å². The minimum Gasteiger partial charge on any atom is -0.378 e. The molecule has 90 valence electrons. The molecule has 2 nitrogen and oxygen atoms in total. The zero-order valence-electron chi connectivity index (χ0n) is 10.7. The van der Waals surface area contributed by atoms with Gasteiger partial charge < -0.3 is 5.11 Å². The van der Waals surface area contributed by atoms with Gasteiger partial charge in [0, 0.05) is 6.04 Å². The van der Waals surface area contributed by atoms with Gasteiger partial charge in [-0.05, 0) is 44.6 Å². The molecule has 0 aromatic heterocycles. The minimum absolute atomic E-state index is 0.247. The van der Waals surface area contributed by atoms with E-state index in [9.17, 15) is 5.11 Å². The quantitative estimate of drug-likeness (QED) is 0.710. The minimum atomic E-state index is -0.247. The van der Waals surface area contributed by atoms with Gasteiger partial charge in [0.2, 0.25) is 0 Å². The van der Waals surface area contributed by atoms with Gasteiger partial charge in [-0.15, -0.1) is 0 Å². The molecule has 0 aliphatic heterocycles. The first-order valence-corrected chi connectivity index (χ1v) is 6.46. The van der Waals surface area contributed by atoms with Gasteiger partial charge >= 0.3 is 0 Å². The van der Waals surface area contributed by atoms with Crippen molar-refractivity contribution in [2.24, 2.45) is 11.8 Å². The summed E-state index contributed by atoms with van der Waals surface area (Å²) in [6.07, 6.45) is 5.85. The van der Waals surface area contributed by atoms with Gasteiger partial charge in [0.15, 0.2) is 0 Å². The average molecular weight is 213 g/mol. The molecule has 0 bridgehead atoms. The van der Waals surface area contributed by atoms with Crippen LogP contribution < -0.4 is 0 Å². The summed E-state index contributed by atoms with van der Waals surface area (Å²) >= 11 is 0. The lowest BCUT2D eigenvalue weighted by atomic mass is 9.92. The molecule has 1 aliphatic carbocycles. The SMILES string of the molecule is CCC(O)N(C)C1CCCC1CC(C)C. The zero-order valence-corrected chi connectivity index (χ0v) is 10.7. The van der Waals surface area contributed by atoms with Crippen molar-refractivity contribution in [1.82, 2.24) is 4.90 Å². The molecule has 1 rings (SSSR count). The van der Waals surface area contributed by atoms with Crippen molar-refractivity contribution in [3.8, 4) is 0 Å². The lowest BCUT2D eigenvalue weighted by Gasteiger charge is -2.33. The first kappa shape index (κ1) is 13.0. The first-order chi connectivity index (χ1) is 7.06. The van der Waals surface area contributed by atoms with Crippen molar-refractivity contribution in [2.75, 3.05) is 7.05 Å². The highest BCUT2D eigenvalue weighted by molar-refractivity contribution is 4.85. The maximum absolute atomic E-state index is 9.86. The van der Waals surface area contributed by atoms with E-state index < -0.39 is 0 Å². The number of aliphatic hydroxyl groups excluding tert-OH is 1. The topological polar surface area (TPSA) is 23.5 Å². The van der Waals surface area contributed by atoms with E-state index in [0.717, 1.165) is 18.3 Å². The molecule has 1 N–H and O–H groups in total. The third-order valence-electron chi connectivity index (χ3n) is 3.75. The van der Waals surface area contributed by atoms with E-state index in [-0.39, 0.29) is 6.23 Å². The highest BCUT2D eigenvalue weighted by atomic mass is 16.3. The van der Waals surface area contributed by atoms with E-state index in [1.807, 2.05) is 6.92 Å². The number of rotatable bonds is 5. The van der Waals surface area contributed by atoms with Crippen molar-refractivity contribution in [2.45, 2.75) is 65.1 Å². The Hall–Kier alpha value is -0.0800. The summed E-state index contributed by atoms with van der Waals surface area (Å²) in [7, 11) is 2.08. The molecule has 3 unspecified atom stereocenters. The molecule has 0 saturated heterocycles. The van der Waals surface area contributed by atoms with E-state index in [1.54, 1.807) is 0 Å². The summed E-state index contributed by atoms with van der Waals surface area (Å²) in [5, 5.41) is 9.86. The average Bonchev–Trinajstić information content (AvgIpc) is 2.62. The van der Waals surface area contributed by atoms with Crippen LogP contribution in [-0.4, -0.2) is 29.3 Å². The normalized spacial score (nSPS) is 29.0. The Balaban J connectivity index is 2.51. The Morgan fingerprint density at radius 2 is 2.00 bits per heavy atom. The van der Waals surface area contributed by atoms with Gasteiger partial charge in [0.05, 0.1) is 0 Å². The fraction of sp³-hybridized carbons (Fsp3) is 1.00. The Kier molecular flexibility index (Phi) is 5.07. The molecule has 0 amide bonds. The Labute approximate surface area is 94.7 Å². The van der Waals surface area contributed by atoms with Gasteiger partial charge in [0.25, 0.3) is 0 Å². The predicted molar refractivity (Wildman–Crippen MR) is 64.6 cm³/mol. The molecule has 0 spiro atoms. The molecular formula is C13H27NO. The summed E-state index contributed by atoms with van der Waals surface area (Å²) in [5.41, 5.74) is 0. The van der Waals surface area contributed by atoms with Crippen LogP contribution in [0.5, 0.6) is 0 Å². The number of aliphatic hydroxyl groups is 1. The van der Waals surface area contributed by atoms with E-state index in [4.69, 9.17) is 0 Å². The maximum atomic E-state index is 9.86. The maximum Gasteiger partial charge on any atom is 0.107 e. The fourth-order valence-electron chi connectivity index (χ4n) is 2.94. The second-order valence-corrected chi connectivity index (χ2v) is 5.44. The third-order valence-corrected chi connectivity index (χ3v) is 3.75. The first-order valence-electron chi connectivity index (χ1n) is 6.46.